The van der Waals surface area contributed by atoms with Crippen molar-refractivity contribution in [2.24, 2.45) is 0 Å². The van der Waals surface area contributed by atoms with E-state index < -0.39 is 0 Å². The Morgan fingerprint density at radius 3 is 2.35 bits per heavy atom. The summed E-state index contributed by atoms with van der Waals surface area (Å²) in [5.41, 5.74) is 4.01. The molecule has 0 saturated heterocycles. The van der Waals surface area contributed by atoms with Gasteiger partial charge in [-0.3, -0.25) is 0 Å². The fraction of sp³-hybridized carbons (Fsp3) is 0.250. The molecule has 0 fully saturated rings. The molecule has 1 nitrogen and oxygen atoms in total. The summed E-state index contributed by atoms with van der Waals surface area (Å²) in [6.07, 6.45) is 1.06. The Kier molecular flexibility index (Phi) is 4.98. The van der Waals surface area contributed by atoms with Gasteiger partial charge in [0.1, 0.15) is 0 Å². The van der Waals surface area contributed by atoms with Crippen LogP contribution in [0.25, 0.3) is 0 Å². The molecule has 2 atom stereocenters. The van der Waals surface area contributed by atoms with Gasteiger partial charge in [0.25, 0.3) is 0 Å². The maximum absolute atomic E-state index is 6.14. The van der Waals surface area contributed by atoms with Crippen molar-refractivity contribution in [1.82, 2.24) is 5.32 Å². The number of rotatable bonds is 2. The zero-order valence-corrected chi connectivity index (χ0v) is 13.4. The van der Waals surface area contributed by atoms with Crippen LogP contribution in [0.15, 0.2) is 42.5 Å². The summed E-state index contributed by atoms with van der Waals surface area (Å²) in [7, 11) is 2.01. The smallest absolute Gasteiger partial charge is 0.0595 e. The van der Waals surface area contributed by atoms with E-state index in [1.807, 2.05) is 19.2 Å². The van der Waals surface area contributed by atoms with E-state index in [9.17, 15) is 0 Å². The lowest BCUT2D eigenvalue weighted by atomic mass is 9.93. The first-order valence-corrected chi connectivity index (χ1v) is 7.17. The molecule has 0 spiro atoms. The Morgan fingerprint density at radius 2 is 1.70 bits per heavy atom. The second-order valence-corrected chi connectivity index (χ2v) is 5.75. The molecule has 0 bridgehead atoms. The van der Waals surface area contributed by atoms with E-state index in [-0.39, 0.29) is 12.4 Å². The molecule has 1 N–H and O–H groups in total. The molecule has 4 heteroatoms. The molecule has 2 aromatic rings. The summed E-state index contributed by atoms with van der Waals surface area (Å²) >= 11 is 12.1. The van der Waals surface area contributed by atoms with E-state index >= 15 is 0 Å². The van der Waals surface area contributed by atoms with Gasteiger partial charge >= 0.3 is 0 Å². The molecule has 106 valence electrons. The van der Waals surface area contributed by atoms with Gasteiger partial charge < -0.3 is 5.32 Å². The van der Waals surface area contributed by atoms with E-state index in [0.29, 0.717) is 22.0 Å². The van der Waals surface area contributed by atoms with Crippen LogP contribution in [0.3, 0.4) is 0 Å². The third kappa shape index (κ3) is 2.68. The molecule has 0 aliphatic heterocycles. The predicted octanol–water partition coefficient (Wildman–Crippen LogP) is 5.21. The minimum Gasteiger partial charge on any atom is -0.313 e. The highest BCUT2D eigenvalue weighted by atomic mass is 35.5. The van der Waals surface area contributed by atoms with Crippen LogP contribution >= 0.6 is 35.6 Å². The van der Waals surface area contributed by atoms with Crippen molar-refractivity contribution in [3.8, 4) is 0 Å². The average molecular weight is 329 g/mol. The van der Waals surface area contributed by atoms with E-state index in [1.165, 1.54) is 16.7 Å². The van der Waals surface area contributed by atoms with Crippen LogP contribution in [-0.4, -0.2) is 7.05 Å². The van der Waals surface area contributed by atoms with Crippen molar-refractivity contribution in [1.29, 1.82) is 0 Å². The largest absolute Gasteiger partial charge is 0.313 e. The van der Waals surface area contributed by atoms with Crippen LogP contribution in [0.2, 0.25) is 10.0 Å². The van der Waals surface area contributed by atoms with Crippen molar-refractivity contribution in [2.75, 3.05) is 7.05 Å². The average Bonchev–Trinajstić information content (AvgIpc) is 2.81. The Labute approximate surface area is 135 Å². The monoisotopic (exact) mass is 327 g/mol. The Bertz CT molecular complexity index is 612. The van der Waals surface area contributed by atoms with Gasteiger partial charge in [-0.2, -0.15) is 0 Å². The van der Waals surface area contributed by atoms with Crippen LogP contribution in [-0.2, 0) is 0 Å². The lowest BCUT2D eigenvalue weighted by Crippen LogP contribution is -2.13. The van der Waals surface area contributed by atoms with Gasteiger partial charge in [0.2, 0.25) is 0 Å². The van der Waals surface area contributed by atoms with Crippen LogP contribution < -0.4 is 5.32 Å². The van der Waals surface area contributed by atoms with Crippen LogP contribution in [0.4, 0.5) is 0 Å². The summed E-state index contributed by atoms with van der Waals surface area (Å²) in [6.45, 7) is 0. The van der Waals surface area contributed by atoms with Gasteiger partial charge in [-0.05, 0) is 42.3 Å². The van der Waals surface area contributed by atoms with Gasteiger partial charge in [0.05, 0.1) is 10.0 Å². The summed E-state index contributed by atoms with van der Waals surface area (Å²) in [5, 5.41) is 4.63. The fourth-order valence-corrected chi connectivity index (χ4v) is 3.26. The number of hydrogen-bond acceptors (Lipinski definition) is 1. The van der Waals surface area contributed by atoms with E-state index in [0.717, 1.165) is 6.42 Å². The maximum Gasteiger partial charge on any atom is 0.0595 e. The Balaban J connectivity index is 0.00000147. The molecule has 0 radical (unpaired) electrons. The number of benzene rings is 2. The number of halogens is 3. The second-order valence-electron chi connectivity index (χ2n) is 4.93. The zero-order chi connectivity index (χ0) is 13.4. The Hall–Kier alpha value is -0.730. The van der Waals surface area contributed by atoms with Crippen molar-refractivity contribution in [3.63, 3.8) is 0 Å². The van der Waals surface area contributed by atoms with Crippen molar-refractivity contribution >= 4 is 35.6 Å². The molecule has 2 aromatic carbocycles. The van der Waals surface area contributed by atoms with Crippen molar-refractivity contribution in [3.05, 3.63) is 69.2 Å². The summed E-state index contributed by atoms with van der Waals surface area (Å²) < 4.78 is 0. The third-order valence-corrected chi connectivity index (χ3v) is 4.65. The predicted molar refractivity (Wildman–Crippen MR) is 88.4 cm³/mol. The van der Waals surface area contributed by atoms with E-state index in [4.69, 9.17) is 23.2 Å². The number of fused-ring (bicyclic) bond motifs is 1. The lowest BCUT2D eigenvalue weighted by Gasteiger charge is -2.13. The first kappa shape index (κ1) is 15.7. The lowest BCUT2D eigenvalue weighted by molar-refractivity contribution is 0.564. The first-order valence-electron chi connectivity index (χ1n) is 6.41. The molecule has 0 aromatic heterocycles. The highest BCUT2D eigenvalue weighted by Crippen LogP contribution is 2.44. The van der Waals surface area contributed by atoms with Gasteiger partial charge in [0.15, 0.2) is 0 Å². The highest BCUT2D eigenvalue weighted by Gasteiger charge is 2.30. The first-order chi connectivity index (χ1) is 9.20. The molecule has 0 unspecified atom stereocenters. The molecular weight excluding hydrogens is 313 g/mol. The molecule has 20 heavy (non-hydrogen) atoms. The Morgan fingerprint density at radius 1 is 1.00 bits per heavy atom. The molecule has 3 rings (SSSR count). The zero-order valence-electron chi connectivity index (χ0n) is 11.1. The molecule has 1 aliphatic rings. The van der Waals surface area contributed by atoms with Crippen molar-refractivity contribution in [2.45, 2.75) is 18.4 Å². The summed E-state index contributed by atoms with van der Waals surface area (Å²) in [4.78, 5) is 0. The molecular formula is C16H16Cl3N. The standard InChI is InChI=1S/C16H15Cl2N.ClH/c1-19-16-9-13(11-4-2-3-5-12(11)16)10-6-7-14(17)15(18)8-10;/h2-8,13,16,19H,9H2,1H3;1H/t13-,16-;/m1./s1. The third-order valence-electron chi connectivity index (χ3n) is 3.91. The van der Waals surface area contributed by atoms with Crippen LogP contribution in [0.1, 0.15) is 35.1 Å². The fourth-order valence-electron chi connectivity index (χ4n) is 2.95. The van der Waals surface area contributed by atoms with Gasteiger partial charge in [-0.1, -0.05) is 53.5 Å². The minimum absolute atomic E-state index is 0. The highest BCUT2D eigenvalue weighted by molar-refractivity contribution is 6.42. The molecule has 1 aliphatic carbocycles. The molecule has 0 heterocycles. The molecule has 0 amide bonds. The van der Waals surface area contributed by atoms with Crippen LogP contribution in [0, 0.1) is 0 Å². The number of nitrogens with one attached hydrogen (secondary N) is 1. The second kappa shape index (κ2) is 6.36. The minimum atomic E-state index is 0. The summed E-state index contributed by atoms with van der Waals surface area (Å²) in [6, 6.07) is 15.0. The van der Waals surface area contributed by atoms with E-state index in [2.05, 4.69) is 35.6 Å². The normalized spacial score (nSPS) is 20.4. The maximum atomic E-state index is 6.14. The number of hydrogen-bond donors (Lipinski definition) is 1. The van der Waals surface area contributed by atoms with Gasteiger partial charge in [-0.15, -0.1) is 12.4 Å². The quantitative estimate of drug-likeness (QED) is 0.798. The summed E-state index contributed by atoms with van der Waals surface area (Å²) in [5.74, 6) is 0.392. The van der Waals surface area contributed by atoms with E-state index in [1.54, 1.807) is 0 Å². The topological polar surface area (TPSA) is 12.0 Å². The van der Waals surface area contributed by atoms with Gasteiger partial charge in [0, 0.05) is 12.0 Å². The SMILES string of the molecule is CN[C@@H]1C[C@H](c2ccc(Cl)c(Cl)c2)c2ccccc21.Cl. The molecule has 0 saturated carbocycles. The van der Waals surface area contributed by atoms with Gasteiger partial charge in [-0.25, -0.2) is 0 Å². The van der Waals surface area contributed by atoms with Crippen molar-refractivity contribution < 1.29 is 0 Å². The van der Waals surface area contributed by atoms with Crippen LogP contribution in [0.5, 0.6) is 0 Å².